The molecule has 0 fully saturated rings. The van der Waals surface area contributed by atoms with Gasteiger partial charge in [0.05, 0.1) is 17.5 Å². The summed E-state index contributed by atoms with van der Waals surface area (Å²) in [5, 5.41) is 11.3. The Balaban J connectivity index is 1.80. The maximum absolute atomic E-state index is 11.8. The minimum absolute atomic E-state index is 0.0468. The summed E-state index contributed by atoms with van der Waals surface area (Å²) in [6, 6.07) is 15.7. The minimum atomic E-state index is -0.985. The summed E-state index contributed by atoms with van der Waals surface area (Å²) in [6.07, 6.45) is -0.228. The molecule has 0 aliphatic rings. The molecule has 6 heteroatoms. The van der Waals surface area contributed by atoms with E-state index in [1.54, 1.807) is 0 Å². The van der Waals surface area contributed by atoms with Crippen LogP contribution < -0.4 is 5.32 Å². The average Bonchev–Trinajstić information content (AvgIpc) is 2.89. The van der Waals surface area contributed by atoms with Gasteiger partial charge in [0.15, 0.2) is 0 Å². The highest BCUT2D eigenvalue weighted by Gasteiger charge is 2.10. The molecule has 0 unspecified atom stereocenters. The molecule has 0 saturated carbocycles. The van der Waals surface area contributed by atoms with E-state index < -0.39 is 5.97 Å². The van der Waals surface area contributed by atoms with Crippen molar-refractivity contribution >= 4 is 28.6 Å². The minimum Gasteiger partial charge on any atom is -0.481 e. The molecule has 3 aromatic rings. The standard InChI is InChI=1S/C19H19N3O3/c1-13-20-16-11-15(21-18(23)9-10-19(24)25)7-8-17(16)22(13)12-14-5-3-2-4-6-14/h2-8,11H,9-10,12H2,1H3,(H,21,23)(H,24,25). The van der Waals surface area contributed by atoms with Crippen molar-refractivity contribution in [3.05, 3.63) is 59.9 Å². The number of rotatable bonds is 6. The fourth-order valence-corrected chi connectivity index (χ4v) is 2.74. The third-order valence-corrected chi connectivity index (χ3v) is 3.97. The number of aromatic nitrogens is 2. The van der Waals surface area contributed by atoms with Crippen LogP contribution in [0.4, 0.5) is 5.69 Å². The second-order valence-electron chi connectivity index (χ2n) is 5.88. The number of fused-ring (bicyclic) bond motifs is 1. The molecule has 2 N–H and O–H groups in total. The molecule has 1 heterocycles. The summed E-state index contributed by atoms with van der Waals surface area (Å²) in [4.78, 5) is 26.9. The Morgan fingerprint density at radius 3 is 2.60 bits per heavy atom. The molecule has 1 amide bonds. The topological polar surface area (TPSA) is 84.2 Å². The SMILES string of the molecule is Cc1nc2cc(NC(=O)CCC(=O)O)ccc2n1Cc1ccccc1. The number of imidazole rings is 1. The van der Waals surface area contributed by atoms with Crippen molar-refractivity contribution in [2.45, 2.75) is 26.3 Å². The zero-order chi connectivity index (χ0) is 17.8. The first-order valence-electron chi connectivity index (χ1n) is 8.05. The lowest BCUT2D eigenvalue weighted by atomic mass is 10.2. The molecule has 1 aromatic heterocycles. The molecule has 0 spiro atoms. The van der Waals surface area contributed by atoms with Crippen LogP contribution in [0.1, 0.15) is 24.2 Å². The van der Waals surface area contributed by atoms with Crippen molar-refractivity contribution < 1.29 is 14.7 Å². The van der Waals surface area contributed by atoms with Crippen molar-refractivity contribution in [1.82, 2.24) is 9.55 Å². The Hall–Kier alpha value is -3.15. The number of carbonyl (C=O) groups excluding carboxylic acids is 1. The van der Waals surface area contributed by atoms with Gasteiger partial charge in [0.1, 0.15) is 5.82 Å². The van der Waals surface area contributed by atoms with Gasteiger partial charge in [-0.1, -0.05) is 30.3 Å². The Morgan fingerprint density at radius 1 is 1.12 bits per heavy atom. The first-order chi connectivity index (χ1) is 12.0. The highest BCUT2D eigenvalue weighted by molar-refractivity contribution is 5.94. The number of nitrogens with one attached hydrogen (secondary N) is 1. The Morgan fingerprint density at radius 2 is 1.88 bits per heavy atom. The molecule has 3 rings (SSSR count). The van der Waals surface area contributed by atoms with E-state index in [9.17, 15) is 9.59 Å². The van der Waals surface area contributed by atoms with E-state index in [4.69, 9.17) is 5.11 Å². The quantitative estimate of drug-likeness (QED) is 0.723. The normalized spacial score (nSPS) is 10.8. The number of nitrogens with zero attached hydrogens (tertiary/aromatic N) is 2. The van der Waals surface area contributed by atoms with Crippen LogP contribution in [0.2, 0.25) is 0 Å². The van der Waals surface area contributed by atoms with Gasteiger partial charge in [0.25, 0.3) is 0 Å². The number of carboxylic acid groups (broad SMARTS) is 1. The number of benzene rings is 2. The van der Waals surface area contributed by atoms with Crippen LogP contribution in [-0.2, 0) is 16.1 Å². The molecule has 0 atom stereocenters. The maximum atomic E-state index is 11.8. The zero-order valence-corrected chi connectivity index (χ0v) is 13.9. The van der Waals surface area contributed by atoms with Crippen molar-refractivity contribution in [3.8, 4) is 0 Å². The van der Waals surface area contributed by atoms with Crippen molar-refractivity contribution in [2.75, 3.05) is 5.32 Å². The number of hydrogen-bond acceptors (Lipinski definition) is 3. The number of aliphatic carboxylic acids is 1. The average molecular weight is 337 g/mol. The highest BCUT2D eigenvalue weighted by Crippen LogP contribution is 2.21. The van der Waals surface area contributed by atoms with Gasteiger partial charge < -0.3 is 15.0 Å². The van der Waals surface area contributed by atoms with E-state index >= 15 is 0 Å². The van der Waals surface area contributed by atoms with Crippen LogP contribution in [0.15, 0.2) is 48.5 Å². The summed E-state index contributed by atoms with van der Waals surface area (Å²) in [5.74, 6) is -0.406. The number of aryl methyl sites for hydroxylation is 1. The highest BCUT2D eigenvalue weighted by atomic mass is 16.4. The van der Waals surface area contributed by atoms with E-state index in [-0.39, 0.29) is 18.7 Å². The van der Waals surface area contributed by atoms with Crippen LogP contribution in [0, 0.1) is 6.92 Å². The van der Waals surface area contributed by atoms with Crippen molar-refractivity contribution in [1.29, 1.82) is 0 Å². The van der Waals surface area contributed by atoms with E-state index in [1.807, 2.05) is 43.3 Å². The van der Waals surface area contributed by atoms with Gasteiger partial charge in [-0.05, 0) is 30.7 Å². The van der Waals surface area contributed by atoms with Gasteiger partial charge in [-0.2, -0.15) is 0 Å². The second-order valence-corrected chi connectivity index (χ2v) is 5.88. The van der Waals surface area contributed by atoms with E-state index in [0.717, 1.165) is 23.4 Å². The summed E-state index contributed by atoms with van der Waals surface area (Å²) in [6.45, 7) is 2.68. The lowest BCUT2D eigenvalue weighted by Gasteiger charge is -2.08. The number of hydrogen-bond donors (Lipinski definition) is 2. The molecule has 128 valence electrons. The predicted octanol–water partition coefficient (Wildman–Crippen LogP) is 3.20. The van der Waals surface area contributed by atoms with E-state index in [2.05, 4.69) is 27.0 Å². The lowest BCUT2D eigenvalue weighted by molar-refractivity contribution is -0.138. The number of carboxylic acids is 1. The zero-order valence-electron chi connectivity index (χ0n) is 13.9. The van der Waals surface area contributed by atoms with E-state index in [0.29, 0.717) is 5.69 Å². The first kappa shape index (κ1) is 16.7. The molecule has 0 aliphatic heterocycles. The second kappa shape index (κ2) is 7.17. The van der Waals surface area contributed by atoms with Gasteiger partial charge in [-0.3, -0.25) is 9.59 Å². The smallest absolute Gasteiger partial charge is 0.303 e. The molecule has 6 nitrogen and oxygen atoms in total. The molecule has 0 aliphatic carbocycles. The van der Waals surface area contributed by atoms with Gasteiger partial charge in [-0.25, -0.2) is 4.98 Å². The summed E-state index contributed by atoms with van der Waals surface area (Å²) in [7, 11) is 0. The van der Waals surface area contributed by atoms with Crippen molar-refractivity contribution in [3.63, 3.8) is 0 Å². The Bertz CT molecular complexity index is 916. The van der Waals surface area contributed by atoms with Gasteiger partial charge in [-0.15, -0.1) is 0 Å². The number of carbonyl (C=O) groups is 2. The molecule has 0 radical (unpaired) electrons. The number of anilines is 1. The molecular formula is C19H19N3O3. The maximum Gasteiger partial charge on any atom is 0.303 e. The molecule has 2 aromatic carbocycles. The third kappa shape index (κ3) is 4.03. The summed E-state index contributed by atoms with van der Waals surface area (Å²) < 4.78 is 2.13. The van der Waals surface area contributed by atoms with Crippen LogP contribution in [-0.4, -0.2) is 26.5 Å². The van der Waals surface area contributed by atoms with Gasteiger partial charge in [0, 0.05) is 18.7 Å². The van der Waals surface area contributed by atoms with Crippen LogP contribution in [0.3, 0.4) is 0 Å². The summed E-state index contributed by atoms with van der Waals surface area (Å²) >= 11 is 0. The fraction of sp³-hybridized carbons (Fsp3) is 0.211. The van der Waals surface area contributed by atoms with Crippen LogP contribution in [0.5, 0.6) is 0 Å². The van der Waals surface area contributed by atoms with Crippen LogP contribution in [0.25, 0.3) is 11.0 Å². The molecule has 0 bridgehead atoms. The predicted molar refractivity (Wildman–Crippen MR) is 95.5 cm³/mol. The summed E-state index contributed by atoms with van der Waals surface area (Å²) in [5.41, 5.74) is 3.59. The van der Waals surface area contributed by atoms with Crippen molar-refractivity contribution in [2.24, 2.45) is 0 Å². The number of amides is 1. The first-order valence-corrected chi connectivity index (χ1v) is 8.05. The largest absolute Gasteiger partial charge is 0.481 e. The molecule has 0 saturated heterocycles. The van der Waals surface area contributed by atoms with Gasteiger partial charge in [0.2, 0.25) is 5.91 Å². The van der Waals surface area contributed by atoms with Gasteiger partial charge >= 0.3 is 5.97 Å². The third-order valence-electron chi connectivity index (χ3n) is 3.97. The monoisotopic (exact) mass is 337 g/mol. The molecular weight excluding hydrogens is 318 g/mol. The Kier molecular flexibility index (Phi) is 4.79. The Labute approximate surface area is 145 Å². The van der Waals surface area contributed by atoms with E-state index in [1.165, 1.54) is 5.56 Å². The lowest BCUT2D eigenvalue weighted by Crippen LogP contribution is -2.13. The molecule has 25 heavy (non-hydrogen) atoms. The fourth-order valence-electron chi connectivity index (χ4n) is 2.74. The van der Waals surface area contributed by atoms with Crippen LogP contribution >= 0.6 is 0 Å².